The Morgan fingerprint density at radius 2 is 1.77 bits per heavy atom. The molecule has 0 spiro atoms. The highest BCUT2D eigenvalue weighted by Crippen LogP contribution is 2.21. The summed E-state index contributed by atoms with van der Waals surface area (Å²) in [4.78, 5) is 36.9. The highest BCUT2D eigenvalue weighted by Gasteiger charge is 2.17. The van der Waals surface area contributed by atoms with Crippen molar-refractivity contribution >= 4 is 34.2 Å². The van der Waals surface area contributed by atoms with Crippen molar-refractivity contribution in [1.29, 1.82) is 0 Å². The number of aliphatic imine (C=N–C) groups is 1. The number of aromatic nitrogens is 4. The van der Waals surface area contributed by atoms with Gasteiger partial charge in [0.2, 0.25) is 0 Å². The lowest BCUT2D eigenvalue weighted by Gasteiger charge is -2.09. The molecule has 1 N–H and O–H groups in total. The first kappa shape index (κ1) is 18.0. The normalized spacial score (nSPS) is 10.8. The summed E-state index contributed by atoms with van der Waals surface area (Å²) >= 11 is 4.60. The average Bonchev–Trinajstić information content (AvgIpc) is 3.08. The van der Waals surface area contributed by atoms with Crippen molar-refractivity contribution in [2.24, 2.45) is 4.99 Å². The second-order valence-corrected chi connectivity index (χ2v) is 6.11. The molecule has 2 aromatic heterocycles. The number of aryl methyl sites for hydroxylation is 1. The zero-order valence-electron chi connectivity index (χ0n) is 14.7. The summed E-state index contributed by atoms with van der Waals surface area (Å²) in [7, 11) is 0. The van der Waals surface area contributed by atoms with Gasteiger partial charge in [0.05, 0.1) is 10.8 Å². The van der Waals surface area contributed by atoms with Gasteiger partial charge in [0.1, 0.15) is 11.3 Å². The van der Waals surface area contributed by atoms with E-state index in [0.29, 0.717) is 42.2 Å². The first-order valence-electron chi connectivity index (χ1n) is 8.52. The Bertz CT molecular complexity index is 1100. The number of hydrogen-bond acceptors (Lipinski definition) is 5. The maximum atomic E-state index is 12.7. The summed E-state index contributed by atoms with van der Waals surface area (Å²) in [5, 5.41) is 2.32. The number of benzene rings is 1. The molecule has 134 valence electrons. The molecule has 2 heterocycles. The summed E-state index contributed by atoms with van der Waals surface area (Å²) in [6.45, 7) is 4.81. The molecule has 0 aliphatic carbocycles. The molecule has 0 amide bonds. The van der Waals surface area contributed by atoms with Crippen LogP contribution in [0.15, 0.2) is 38.8 Å². The van der Waals surface area contributed by atoms with Crippen molar-refractivity contribution in [3.05, 3.63) is 45.1 Å². The second kappa shape index (κ2) is 7.59. The summed E-state index contributed by atoms with van der Waals surface area (Å²) in [5.74, 6) is 0.536. The lowest BCUT2D eigenvalue weighted by Crippen LogP contribution is -2.40. The number of fused-ring (bicyclic) bond motifs is 1. The zero-order valence-corrected chi connectivity index (χ0v) is 15.5. The van der Waals surface area contributed by atoms with Crippen LogP contribution < -0.4 is 11.2 Å². The predicted octanol–water partition coefficient (Wildman–Crippen LogP) is 3.11. The SMILES string of the molecule is CCCn1c(=O)c2[nH]c(-c3ccc(N=C=S)cc3)nc2n(CCC)c1=O. The van der Waals surface area contributed by atoms with Gasteiger partial charge in [-0.2, -0.15) is 4.99 Å². The highest BCUT2D eigenvalue weighted by atomic mass is 32.1. The van der Waals surface area contributed by atoms with Gasteiger partial charge in [0, 0.05) is 18.7 Å². The van der Waals surface area contributed by atoms with Crippen LogP contribution in [0.2, 0.25) is 0 Å². The van der Waals surface area contributed by atoms with Gasteiger partial charge < -0.3 is 4.98 Å². The molecule has 3 aromatic rings. The van der Waals surface area contributed by atoms with Crippen LogP contribution in [0, 0.1) is 0 Å². The van der Waals surface area contributed by atoms with Crippen LogP contribution in [0.1, 0.15) is 26.7 Å². The van der Waals surface area contributed by atoms with Crippen LogP contribution in [-0.2, 0) is 13.1 Å². The maximum Gasteiger partial charge on any atom is 0.332 e. The molecule has 0 fully saturated rings. The van der Waals surface area contributed by atoms with E-state index in [-0.39, 0.29) is 11.2 Å². The standard InChI is InChI=1S/C18H19N5O2S/c1-3-9-22-16-14(17(24)23(10-4-2)18(22)25)20-15(21-16)12-5-7-13(8-6-12)19-11-26/h5-8H,3-4,9-10H2,1-2H3,(H,20,21). The Morgan fingerprint density at radius 1 is 1.12 bits per heavy atom. The van der Waals surface area contributed by atoms with Crippen LogP contribution in [0.4, 0.5) is 5.69 Å². The van der Waals surface area contributed by atoms with E-state index in [1.165, 1.54) is 4.57 Å². The smallest absolute Gasteiger partial charge is 0.332 e. The molecule has 8 heteroatoms. The topological polar surface area (TPSA) is 85.0 Å². The lowest BCUT2D eigenvalue weighted by molar-refractivity contribution is 0.555. The minimum atomic E-state index is -0.333. The number of H-pyrrole nitrogens is 1. The number of nitrogens with zero attached hydrogens (tertiary/aromatic N) is 4. The molecule has 0 aliphatic heterocycles. The zero-order chi connectivity index (χ0) is 18.7. The molecule has 0 atom stereocenters. The monoisotopic (exact) mass is 369 g/mol. The Labute approximate surface area is 155 Å². The van der Waals surface area contributed by atoms with Crippen LogP contribution in [-0.4, -0.2) is 24.3 Å². The molecule has 0 aliphatic rings. The van der Waals surface area contributed by atoms with Crippen molar-refractivity contribution in [3.8, 4) is 11.4 Å². The van der Waals surface area contributed by atoms with Crippen LogP contribution in [0.25, 0.3) is 22.6 Å². The van der Waals surface area contributed by atoms with E-state index in [1.54, 1.807) is 16.7 Å². The number of rotatable bonds is 6. The fraction of sp³-hybridized carbons (Fsp3) is 0.333. The molecule has 0 unspecified atom stereocenters. The van der Waals surface area contributed by atoms with Crippen molar-refractivity contribution < 1.29 is 0 Å². The fourth-order valence-corrected chi connectivity index (χ4v) is 3.00. The largest absolute Gasteiger partial charge is 0.332 e. The van der Waals surface area contributed by atoms with E-state index in [9.17, 15) is 9.59 Å². The Kier molecular flexibility index (Phi) is 5.25. The molecule has 3 rings (SSSR count). The summed E-state index contributed by atoms with van der Waals surface area (Å²) in [5.41, 5.74) is 1.58. The van der Waals surface area contributed by atoms with E-state index in [4.69, 9.17) is 0 Å². The van der Waals surface area contributed by atoms with Crippen LogP contribution in [0.3, 0.4) is 0 Å². The molecule has 0 saturated heterocycles. The number of aromatic amines is 1. The highest BCUT2D eigenvalue weighted by molar-refractivity contribution is 7.78. The van der Waals surface area contributed by atoms with Crippen molar-refractivity contribution in [3.63, 3.8) is 0 Å². The van der Waals surface area contributed by atoms with Crippen molar-refractivity contribution in [1.82, 2.24) is 19.1 Å². The molecule has 0 radical (unpaired) electrons. The number of isothiocyanates is 1. The van der Waals surface area contributed by atoms with Gasteiger partial charge in [-0.1, -0.05) is 13.8 Å². The van der Waals surface area contributed by atoms with Gasteiger partial charge in [-0.05, 0) is 49.3 Å². The van der Waals surface area contributed by atoms with Gasteiger partial charge in [-0.15, -0.1) is 0 Å². The van der Waals surface area contributed by atoms with E-state index in [2.05, 4.69) is 32.3 Å². The molecule has 0 saturated carbocycles. The third kappa shape index (κ3) is 3.16. The molecule has 26 heavy (non-hydrogen) atoms. The molecule has 1 aromatic carbocycles. The van der Waals surface area contributed by atoms with E-state index < -0.39 is 0 Å². The maximum absolute atomic E-state index is 12.7. The average molecular weight is 369 g/mol. The van der Waals surface area contributed by atoms with E-state index >= 15 is 0 Å². The minimum absolute atomic E-state index is 0.310. The summed E-state index contributed by atoms with van der Waals surface area (Å²) in [6.07, 6.45) is 1.47. The van der Waals surface area contributed by atoms with E-state index in [0.717, 1.165) is 12.0 Å². The molecule has 7 nitrogen and oxygen atoms in total. The number of nitrogens with one attached hydrogen (secondary N) is 1. The summed E-state index contributed by atoms with van der Waals surface area (Å²) in [6, 6.07) is 7.23. The van der Waals surface area contributed by atoms with Gasteiger partial charge in [-0.25, -0.2) is 9.78 Å². The minimum Gasteiger partial charge on any atom is -0.332 e. The number of thiocarbonyl (C=S) groups is 1. The summed E-state index contributed by atoms with van der Waals surface area (Å²) < 4.78 is 2.84. The molecular formula is C18H19N5O2S. The lowest BCUT2D eigenvalue weighted by atomic mass is 10.2. The third-order valence-corrected chi connectivity index (χ3v) is 4.16. The van der Waals surface area contributed by atoms with Crippen molar-refractivity contribution in [2.75, 3.05) is 0 Å². The third-order valence-electron chi connectivity index (χ3n) is 4.07. The van der Waals surface area contributed by atoms with E-state index in [1.807, 2.05) is 26.0 Å². The van der Waals surface area contributed by atoms with Crippen molar-refractivity contribution in [2.45, 2.75) is 39.8 Å². The van der Waals surface area contributed by atoms with Gasteiger partial charge in [-0.3, -0.25) is 13.9 Å². The fourth-order valence-electron chi connectivity index (χ4n) is 2.90. The van der Waals surface area contributed by atoms with Gasteiger partial charge >= 0.3 is 5.69 Å². The first-order valence-corrected chi connectivity index (χ1v) is 8.93. The molecule has 0 bridgehead atoms. The van der Waals surface area contributed by atoms with Gasteiger partial charge in [0.15, 0.2) is 5.65 Å². The van der Waals surface area contributed by atoms with Crippen LogP contribution >= 0.6 is 12.2 Å². The number of imidazole rings is 1. The van der Waals surface area contributed by atoms with Crippen LogP contribution in [0.5, 0.6) is 0 Å². The first-order chi connectivity index (χ1) is 12.6. The quantitative estimate of drug-likeness (QED) is 0.534. The Morgan fingerprint density at radius 3 is 2.38 bits per heavy atom. The predicted molar refractivity (Wildman–Crippen MR) is 105 cm³/mol. The van der Waals surface area contributed by atoms with Gasteiger partial charge in [0.25, 0.3) is 5.56 Å². The Balaban J connectivity index is 2.22. The number of hydrogen-bond donors (Lipinski definition) is 1. The Hall–Kier alpha value is -2.83. The molecular weight excluding hydrogens is 350 g/mol. The second-order valence-electron chi connectivity index (χ2n) is 5.92.